The van der Waals surface area contributed by atoms with Gasteiger partial charge in [-0.3, -0.25) is 4.79 Å². The van der Waals surface area contributed by atoms with E-state index in [1.807, 2.05) is 13.8 Å². The van der Waals surface area contributed by atoms with Crippen LogP contribution in [-0.2, 0) is 14.8 Å². The van der Waals surface area contributed by atoms with Crippen molar-refractivity contribution in [1.29, 1.82) is 0 Å². The maximum absolute atomic E-state index is 13.1. The average molecular weight is 364 g/mol. The van der Waals surface area contributed by atoms with Crippen LogP contribution in [0.5, 0.6) is 0 Å². The quantitative estimate of drug-likeness (QED) is 0.824. The van der Waals surface area contributed by atoms with Crippen LogP contribution in [0.3, 0.4) is 0 Å². The van der Waals surface area contributed by atoms with Crippen molar-refractivity contribution >= 4 is 21.6 Å². The van der Waals surface area contributed by atoms with Crippen molar-refractivity contribution in [3.8, 4) is 0 Å². The smallest absolute Gasteiger partial charge is 0.241 e. The monoisotopic (exact) mass is 364 g/mol. The molecule has 2 N–H and O–H groups in total. The second-order valence-corrected chi connectivity index (χ2v) is 7.81. The van der Waals surface area contributed by atoms with Gasteiger partial charge in [-0.1, -0.05) is 26.0 Å². The van der Waals surface area contributed by atoms with E-state index in [-0.39, 0.29) is 22.5 Å². The van der Waals surface area contributed by atoms with Gasteiger partial charge in [-0.25, -0.2) is 17.5 Å². The Kier molecular flexibility index (Phi) is 5.92. The first-order chi connectivity index (χ1) is 11.7. The van der Waals surface area contributed by atoms with E-state index in [1.54, 1.807) is 12.1 Å². The van der Waals surface area contributed by atoms with Crippen molar-refractivity contribution in [1.82, 2.24) is 4.72 Å². The highest BCUT2D eigenvalue weighted by molar-refractivity contribution is 7.89. The minimum absolute atomic E-state index is 0.0288. The van der Waals surface area contributed by atoms with Crippen molar-refractivity contribution in [2.45, 2.75) is 31.7 Å². The fourth-order valence-electron chi connectivity index (χ4n) is 2.42. The molecule has 5 nitrogen and oxygen atoms in total. The van der Waals surface area contributed by atoms with Crippen LogP contribution in [0, 0.1) is 11.7 Å². The molecule has 0 radical (unpaired) electrons. The van der Waals surface area contributed by atoms with E-state index in [0.717, 1.165) is 0 Å². The maximum atomic E-state index is 13.1. The number of amides is 1. The number of rotatable bonds is 6. The average Bonchev–Trinajstić information content (AvgIpc) is 2.53. The molecule has 25 heavy (non-hydrogen) atoms. The summed E-state index contributed by atoms with van der Waals surface area (Å²) in [7, 11) is -3.76. The predicted octanol–water partition coefficient (Wildman–Crippen LogP) is 3.46. The zero-order valence-electron chi connectivity index (χ0n) is 14.3. The number of sulfonamides is 1. The normalized spacial score (nSPS) is 12.8. The lowest BCUT2D eigenvalue weighted by molar-refractivity contribution is -0.114. The SMILES string of the molecule is CC(=O)Nc1ccc(S(=O)(=O)N[C@H](c2ccc(F)cc2)C(C)C)cc1. The number of hydrogen-bond acceptors (Lipinski definition) is 3. The molecule has 0 spiro atoms. The zero-order chi connectivity index (χ0) is 18.6. The minimum atomic E-state index is -3.76. The van der Waals surface area contributed by atoms with E-state index in [2.05, 4.69) is 10.0 Å². The molecular weight excluding hydrogens is 343 g/mol. The lowest BCUT2D eigenvalue weighted by Crippen LogP contribution is -2.31. The molecule has 0 unspecified atom stereocenters. The van der Waals surface area contributed by atoms with E-state index in [9.17, 15) is 17.6 Å². The number of benzene rings is 2. The van der Waals surface area contributed by atoms with Crippen LogP contribution in [-0.4, -0.2) is 14.3 Å². The molecule has 134 valence electrons. The maximum Gasteiger partial charge on any atom is 0.241 e. The summed E-state index contributed by atoms with van der Waals surface area (Å²) >= 11 is 0. The highest BCUT2D eigenvalue weighted by Gasteiger charge is 2.24. The van der Waals surface area contributed by atoms with Crippen LogP contribution in [0.1, 0.15) is 32.4 Å². The molecule has 1 atom stereocenters. The fourth-order valence-corrected chi connectivity index (χ4v) is 3.79. The van der Waals surface area contributed by atoms with Crippen LogP contribution in [0.2, 0.25) is 0 Å². The molecular formula is C18H21FN2O3S. The first kappa shape index (κ1) is 19.1. The number of anilines is 1. The number of nitrogens with one attached hydrogen (secondary N) is 2. The third kappa shape index (κ3) is 5.11. The van der Waals surface area contributed by atoms with Gasteiger partial charge in [0.2, 0.25) is 15.9 Å². The summed E-state index contributed by atoms with van der Waals surface area (Å²) in [5, 5.41) is 2.58. The molecule has 0 bridgehead atoms. The Labute approximate surface area is 147 Å². The van der Waals surface area contributed by atoms with Gasteiger partial charge in [0.05, 0.1) is 4.90 Å². The molecule has 0 saturated heterocycles. The van der Waals surface area contributed by atoms with Gasteiger partial charge in [0.1, 0.15) is 5.82 Å². The van der Waals surface area contributed by atoms with Crippen molar-refractivity contribution in [2.24, 2.45) is 5.92 Å². The molecule has 0 saturated carbocycles. The van der Waals surface area contributed by atoms with Gasteiger partial charge in [0, 0.05) is 18.7 Å². The molecule has 0 aromatic heterocycles. The zero-order valence-corrected chi connectivity index (χ0v) is 15.1. The molecule has 0 aliphatic heterocycles. The Hall–Kier alpha value is -2.25. The largest absolute Gasteiger partial charge is 0.326 e. The first-order valence-electron chi connectivity index (χ1n) is 7.84. The van der Waals surface area contributed by atoms with Crippen molar-refractivity contribution in [2.75, 3.05) is 5.32 Å². The highest BCUT2D eigenvalue weighted by Crippen LogP contribution is 2.25. The number of halogens is 1. The minimum Gasteiger partial charge on any atom is -0.326 e. The standard InChI is InChI=1S/C18H21FN2O3S/c1-12(2)18(14-4-6-15(19)7-5-14)21-25(23,24)17-10-8-16(9-11-17)20-13(3)22/h4-12,18,21H,1-3H3,(H,20,22)/t18-/m0/s1. The highest BCUT2D eigenvalue weighted by atomic mass is 32.2. The number of hydrogen-bond donors (Lipinski definition) is 2. The molecule has 1 amide bonds. The van der Waals surface area contributed by atoms with E-state index in [4.69, 9.17) is 0 Å². The van der Waals surface area contributed by atoms with Crippen molar-refractivity contribution < 1.29 is 17.6 Å². The molecule has 0 fully saturated rings. The van der Waals surface area contributed by atoms with Crippen LogP contribution in [0.25, 0.3) is 0 Å². The van der Waals surface area contributed by atoms with E-state index >= 15 is 0 Å². The van der Waals surface area contributed by atoms with Crippen LogP contribution in [0.15, 0.2) is 53.4 Å². The van der Waals surface area contributed by atoms with Gasteiger partial charge in [0.15, 0.2) is 0 Å². The van der Waals surface area contributed by atoms with Crippen LogP contribution < -0.4 is 10.0 Å². The topological polar surface area (TPSA) is 75.3 Å². The second kappa shape index (κ2) is 7.76. The molecule has 2 aromatic rings. The van der Waals surface area contributed by atoms with E-state index < -0.39 is 16.1 Å². The lowest BCUT2D eigenvalue weighted by Gasteiger charge is -2.23. The third-order valence-corrected chi connectivity index (χ3v) is 5.12. The predicted molar refractivity (Wildman–Crippen MR) is 95.0 cm³/mol. The fraction of sp³-hybridized carbons (Fsp3) is 0.278. The van der Waals surface area contributed by atoms with Crippen molar-refractivity contribution in [3.05, 3.63) is 59.9 Å². The molecule has 0 aliphatic rings. The molecule has 2 rings (SSSR count). The molecule has 0 aliphatic carbocycles. The third-order valence-electron chi connectivity index (χ3n) is 3.66. The summed E-state index contributed by atoms with van der Waals surface area (Å²) in [6, 6.07) is 11.2. The summed E-state index contributed by atoms with van der Waals surface area (Å²) in [5.41, 5.74) is 1.21. The van der Waals surface area contributed by atoms with Gasteiger partial charge in [-0.15, -0.1) is 0 Å². The van der Waals surface area contributed by atoms with Gasteiger partial charge >= 0.3 is 0 Å². The molecule has 2 aromatic carbocycles. The second-order valence-electron chi connectivity index (χ2n) is 6.10. The summed E-state index contributed by atoms with van der Waals surface area (Å²) in [6.07, 6.45) is 0. The number of carbonyl (C=O) groups excluding carboxylic acids is 1. The summed E-state index contributed by atoms with van der Waals surface area (Å²) < 4.78 is 41.1. The Morgan fingerprint density at radius 2 is 1.56 bits per heavy atom. The Balaban J connectivity index is 2.25. The van der Waals surface area contributed by atoms with Gasteiger partial charge in [-0.05, 0) is 47.9 Å². The Bertz CT molecular complexity index is 832. The summed E-state index contributed by atoms with van der Waals surface area (Å²) in [5.74, 6) is -0.633. The Morgan fingerprint density at radius 3 is 2.04 bits per heavy atom. The van der Waals surface area contributed by atoms with Crippen LogP contribution in [0.4, 0.5) is 10.1 Å². The van der Waals surface area contributed by atoms with E-state index in [0.29, 0.717) is 11.3 Å². The summed E-state index contributed by atoms with van der Waals surface area (Å²) in [4.78, 5) is 11.1. The molecule has 7 heteroatoms. The number of carbonyl (C=O) groups is 1. The van der Waals surface area contributed by atoms with Crippen LogP contribution >= 0.6 is 0 Å². The summed E-state index contributed by atoms with van der Waals surface area (Å²) in [6.45, 7) is 5.15. The van der Waals surface area contributed by atoms with E-state index in [1.165, 1.54) is 43.3 Å². The lowest BCUT2D eigenvalue weighted by atomic mass is 9.97. The van der Waals surface area contributed by atoms with Gasteiger partial charge < -0.3 is 5.32 Å². The van der Waals surface area contributed by atoms with Crippen molar-refractivity contribution in [3.63, 3.8) is 0 Å². The van der Waals surface area contributed by atoms with Gasteiger partial charge in [-0.2, -0.15) is 0 Å². The van der Waals surface area contributed by atoms with Gasteiger partial charge in [0.25, 0.3) is 0 Å². The Morgan fingerprint density at radius 1 is 1.00 bits per heavy atom. The first-order valence-corrected chi connectivity index (χ1v) is 9.33. The molecule has 0 heterocycles.